The van der Waals surface area contributed by atoms with Crippen molar-refractivity contribution in [1.29, 1.82) is 0 Å². The van der Waals surface area contributed by atoms with E-state index in [1.54, 1.807) is 0 Å². The van der Waals surface area contributed by atoms with Gasteiger partial charge in [-0.25, -0.2) is 0 Å². The van der Waals surface area contributed by atoms with Crippen molar-refractivity contribution in [2.24, 2.45) is 5.92 Å². The van der Waals surface area contributed by atoms with E-state index < -0.39 is 0 Å². The van der Waals surface area contributed by atoms with E-state index in [2.05, 4.69) is 45.5 Å². The number of halogens is 1. The number of hydrogen-bond acceptors (Lipinski definition) is 1. The van der Waals surface area contributed by atoms with Crippen molar-refractivity contribution in [2.75, 3.05) is 6.54 Å². The average Bonchev–Trinajstić information content (AvgIpc) is 2.18. The van der Waals surface area contributed by atoms with Crippen LogP contribution in [0.1, 0.15) is 24.8 Å². The van der Waals surface area contributed by atoms with E-state index in [1.807, 2.05) is 0 Å². The van der Waals surface area contributed by atoms with Crippen LogP contribution in [0, 0.1) is 5.92 Å². The molecule has 1 aliphatic carbocycles. The molecule has 4 rings (SSSR count). The largest absolute Gasteiger partial charge is 0.307 e. The van der Waals surface area contributed by atoms with Gasteiger partial charge in [0, 0.05) is 10.0 Å². The van der Waals surface area contributed by atoms with Gasteiger partial charge in [0.25, 0.3) is 0 Å². The zero-order valence-corrected chi connectivity index (χ0v) is 9.68. The molecule has 0 amide bonds. The van der Waals surface area contributed by atoms with Gasteiger partial charge in [-0.1, -0.05) is 28.1 Å². The standard InChI is InChI=1S/C12H14BrN/c13-11-3-1-10(2-4-11)12-7-9(8-12)5-6-14-12/h1-4,9,14H,5-8H2. The summed E-state index contributed by atoms with van der Waals surface area (Å²) in [6.07, 6.45) is 4.06. The molecule has 2 aliphatic heterocycles. The molecule has 74 valence electrons. The highest BCUT2D eigenvalue weighted by molar-refractivity contribution is 9.10. The number of benzene rings is 1. The first-order valence-electron chi connectivity index (χ1n) is 5.30. The van der Waals surface area contributed by atoms with Crippen molar-refractivity contribution in [3.8, 4) is 0 Å². The van der Waals surface area contributed by atoms with Gasteiger partial charge < -0.3 is 5.32 Å². The van der Waals surface area contributed by atoms with E-state index in [9.17, 15) is 0 Å². The van der Waals surface area contributed by atoms with E-state index in [4.69, 9.17) is 0 Å². The van der Waals surface area contributed by atoms with Gasteiger partial charge in [-0.2, -0.15) is 0 Å². The van der Waals surface area contributed by atoms with E-state index in [1.165, 1.54) is 35.8 Å². The summed E-state index contributed by atoms with van der Waals surface area (Å²) in [5, 5.41) is 3.68. The molecule has 1 aromatic carbocycles. The van der Waals surface area contributed by atoms with E-state index >= 15 is 0 Å². The van der Waals surface area contributed by atoms with E-state index in [-0.39, 0.29) is 0 Å². The molecule has 0 atom stereocenters. The van der Waals surface area contributed by atoms with Gasteiger partial charge in [0.15, 0.2) is 0 Å². The molecule has 1 saturated carbocycles. The molecule has 2 heterocycles. The van der Waals surface area contributed by atoms with Crippen LogP contribution >= 0.6 is 15.9 Å². The zero-order valence-electron chi connectivity index (χ0n) is 8.09. The molecule has 2 heteroatoms. The lowest BCUT2D eigenvalue weighted by molar-refractivity contribution is 0.0502. The smallest absolute Gasteiger partial charge is 0.0440 e. The van der Waals surface area contributed by atoms with Crippen molar-refractivity contribution in [3.05, 3.63) is 34.3 Å². The van der Waals surface area contributed by atoms with Crippen molar-refractivity contribution < 1.29 is 0 Å². The molecule has 0 unspecified atom stereocenters. The second-order valence-corrected chi connectivity index (χ2v) is 5.49. The van der Waals surface area contributed by atoms with Gasteiger partial charge in [-0.05, 0) is 49.4 Å². The van der Waals surface area contributed by atoms with Crippen molar-refractivity contribution in [2.45, 2.75) is 24.8 Å². The van der Waals surface area contributed by atoms with Crippen LogP contribution in [0.4, 0.5) is 0 Å². The van der Waals surface area contributed by atoms with Gasteiger partial charge in [-0.15, -0.1) is 0 Å². The van der Waals surface area contributed by atoms with Crippen LogP contribution < -0.4 is 5.32 Å². The predicted octanol–water partition coefficient (Wildman–Crippen LogP) is 3.05. The van der Waals surface area contributed by atoms with Crippen LogP contribution in [0.15, 0.2) is 28.7 Å². The fourth-order valence-electron chi connectivity index (χ4n) is 2.90. The van der Waals surface area contributed by atoms with Crippen LogP contribution in [0.5, 0.6) is 0 Å². The molecule has 1 N–H and O–H groups in total. The highest BCUT2D eigenvalue weighted by Gasteiger charge is 2.47. The number of nitrogens with one attached hydrogen (secondary N) is 1. The fraction of sp³-hybridized carbons (Fsp3) is 0.500. The van der Waals surface area contributed by atoms with Crippen molar-refractivity contribution >= 4 is 15.9 Å². The molecular weight excluding hydrogens is 238 g/mol. The Hall–Kier alpha value is -0.340. The summed E-state index contributed by atoms with van der Waals surface area (Å²) in [7, 11) is 0. The number of hydrogen-bond donors (Lipinski definition) is 1. The lowest BCUT2D eigenvalue weighted by Gasteiger charge is -2.53. The SMILES string of the molecule is Brc1ccc(C23CC(CCN2)C3)cc1. The monoisotopic (exact) mass is 251 g/mol. The highest BCUT2D eigenvalue weighted by Crippen LogP contribution is 2.49. The van der Waals surface area contributed by atoms with Crippen LogP contribution in [0.25, 0.3) is 0 Å². The molecule has 2 saturated heterocycles. The third-order valence-electron chi connectivity index (χ3n) is 3.69. The lowest BCUT2D eigenvalue weighted by atomic mass is 9.61. The zero-order chi connectivity index (χ0) is 9.60. The molecule has 1 nitrogen and oxygen atoms in total. The highest BCUT2D eigenvalue weighted by atomic mass is 79.9. The van der Waals surface area contributed by atoms with Gasteiger partial charge in [0.1, 0.15) is 0 Å². The predicted molar refractivity (Wildman–Crippen MR) is 61.2 cm³/mol. The normalized spacial score (nSPS) is 35.1. The summed E-state index contributed by atoms with van der Waals surface area (Å²) >= 11 is 3.48. The Morgan fingerprint density at radius 1 is 1.21 bits per heavy atom. The summed E-state index contributed by atoms with van der Waals surface area (Å²) in [5.41, 5.74) is 1.81. The minimum Gasteiger partial charge on any atom is -0.307 e. The Bertz CT molecular complexity index is 332. The molecular formula is C12H14BrN. The Labute approximate surface area is 93.0 Å². The number of fused-ring (bicyclic) bond motifs is 2. The van der Waals surface area contributed by atoms with Gasteiger partial charge >= 0.3 is 0 Å². The molecule has 0 aromatic heterocycles. The second kappa shape index (κ2) is 3.07. The fourth-order valence-corrected chi connectivity index (χ4v) is 3.16. The summed E-state index contributed by atoms with van der Waals surface area (Å²) < 4.78 is 1.17. The first-order chi connectivity index (χ1) is 6.78. The minimum absolute atomic E-state index is 0.337. The molecule has 0 radical (unpaired) electrons. The topological polar surface area (TPSA) is 12.0 Å². The maximum absolute atomic E-state index is 3.68. The summed E-state index contributed by atoms with van der Waals surface area (Å²) in [6.45, 7) is 1.20. The molecule has 2 bridgehead atoms. The molecule has 3 aliphatic rings. The molecule has 14 heavy (non-hydrogen) atoms. The minimum atomic E-state index is 0.337. The Balaban J connectivity index is 1.91. The third kappa shape index (κ3) is 1.24. The third-order valence-corrected chi connectivity index (χ3v) is 4.22. The quantitative estimate of drug-likeness (QED) is 0.810. The Morgan fingerprint density at radius 3 is 2.50 bits per heavy atom. The van der Waals surface area contributed by atoms with Crippen molar-refractivity contribution in [3.63, 3.8) is 0 Å². The Morgan fingerprint density at radius 2 is 1.93 bits per heavy atom. The van der Waals surface area contributed by atoms with E-state index in [0.29, 0.717) is 5.54 Å². The second-order valence-electron chi connectivity index (χ2n) is 4.58. The first-order valence-corrected chi connectivity index (χ1v) is 6.09. The lowest BCUT2D eigenvalue weighted by Crippen LogP contribution is -2.57. The van der Waals surface area contributed by atoms with Crippen LogP contribution in [-0.4, -0.2) is 6.54 Å². The van der Waals surface area contributed by atoms with Crippen molar-refractivity contribution in [1.82, 2.24) is 5.32 Å². The maximum Gasteiger partial charge on any atom is 0.0440 e. The average molecular weight is 252 g/mol. The molecule has 3 fully saturated rings. The number of rotatable bonds is 1. The van der Waals surface area contributed by atoms with Crippen LogP contribution in [0.3, 0.4) is 0 Å². The summed E-state index contributed by atoms with van der Waals surface area (Å²) in [6, 6.07) is 8.79. The Kier molecular flexibility index (Phi) is 1.96. The number of piperidine rings is 2. The van der Waals surface area contributed by atoms with Gasteiger partial charge in [-0.3, -0.25) is 0 Å². The van der Waals surface area contributed by atoms with Gasteiger partial charge in [0.05, 0.1) is 0 Å². The summed E-state index contributed by atoms with van der Waals surface area (Å²) in [5.74, 6) is 0.986. The van der Waals surface area contributed by atoms with Crippen LogP contribution in [-0.2, 0) is 5.54 Å². The summed E-state index contributed by atoms with van der Waals surface area (Å²) in [4.78, 5) is 0. The first kappa shape index (κ1) is 8.93. The van der Waals surface area contributed by atoms with Gasteiger partial charge in [0.2, 0.25) is 0 Å². The molecule has 0 spiro atoms. The van der Waals surface area contributed by atoms with E-state index in [0.717, 1.165) is 5.92 Å². The van der Waals surface area contributed by atoms with Crippen LogP contribution in [0.2, 0.25) is 0 Å². The molecule has 1 aromatic rings. The maximum atomic E-state index is 3.68.